The van der Waals surface area contributed by atoms with Gasteiger partial charge in [-0.3, -0.25) is 14.6 Å². The van der Waals surface area contributed by atoms with Gasteiger partial charge in [0.15, 0.2) is 0 Å². The molecule has 1 saturated heterocycles. The van der Waals surface area contributed by atoms with Gasteiger partial charge in [-0.15, -0.1) is 0 Å². The Morgan fingerprint density at radius 1 is 1.14 bits per heavy atom. The molecule has 1 aromatic carbocycles. The lowest BCUT2D eigenvalue weighted by molar-refractivity contribution is -0.152. The first-order chi connectivity index (χ1) is 13.6. The highest BCUT2D eigenvalue weighted by Crippen LogP contribution is 2.55. The fraction of sp³-hybridized carbons (Fsp3) is 0.409. The molecule has 2 N–H and O–H groups in total. The van der Waals surface area contributed by atoms with E-state index in [0.717, 1.165) is 29.7 Å². The summed E-state index contributed by atoms with van der Waals surface area (Å²) in [6.07, 6.45) is 6.60. The minimum Gasteiger partial charge on any atom is -0.380 e. The molecule has 3 aliphatic rings. The smallest absolute Gasteiger partial charge is 0.255 e. The van der Waals surface area contributed by atoms with E-state index in [1.54, 1.807) is 17.3 Å². The maximum Gasteiger partial charge on any atom is 0.255 e. The number of aliphatic hydroxyl groups is 1. The zero-order chi connectivity index (χ0) is 19.4. The quantitative estimate of drug-likeness (QED) is 0.843. The normalized spacial score (nSPS) is 27.8. The molecule has 2 atom stereocenters. The summed E-state index contributed by atoms with van der Waals surface area (Å²) in [5.74, 6) is -0.343. The second-order valence-electron chi connectivity index (χ2n) is 8.15. The topological polar surface area (TPSA) is 82.5 Å². The molecule has 1 aliphatic carbocycles. The summed E-state index contributed by atoms with van der Waals surface area (Å²) < 4.78 is 0. The summed E-state index contributed by atoms with van der Waals surface area (Å²) in [4.78, 5) is 32.7. The highest BCUT2D eigenvalue weighted by atomic mass is 16.3. The molecule has 6 nitrogen and oxygen atoms in total. The van der Waals surface area contributed by atoms with Crippen LogP contribution in [-0.4, -0.2) is 39.0 Å². The molecule has 3 heterocycles. The molecule has 2 amide bonds. The molecule has 28 heavy (non-hydrogen) atoms. The molecule has 0 bridgehead atoms. The summed E-state index contributed by atoms with van der Waals surface area (Å²) in [6.45, 7) is 0.433. The number of carbonyl (C=O) groups is 2. The number of nitrogens with one attached hydrogen (secondary N) is 1. The van der Waals surface area contributed by atoms with E-state index in [1.807, 2.05) is 36.4 Å². The van der Waals surface area contributed by atoms with E-state index in [2.05, 4.69) is 10.3 Å². The van der Waals surface area contributed by atoms with Crippen molar-refractivity contribution >= 4 is 17.5 Å². The van der Waals surface area contributed by atoms with Crippen LogP contribution in [0.2, 0.25) is 0 Å². The van der Waals surface area contributed by atoms with Crippen LogP contribution in [0.3, 0.4) is 0 Å². The lowest BCUT2D eigenvalue weighted by Crippen LogP contribution is -2.50. The monoisotopic (exact) mass is 377 g/mol. The van der Waals surface area contributed by atoms with Gasteiger partial charge in [-0.05, 0) is 55.4 Å². The number of para-hydroxylation sites is 1. The molecule has 2 aliphatic heterocycles. The molecule has 2 unspecified atom stereocenters. The Morgan fingerprint density at radius 3 is 2.68 bits per heavy atom. The van der Waals surface area contributed by atoms with Gasteiger partial charge in [0.25, 0.3) is 5.91 Å². The number of carbonyl (C=O) groups excluding carboxylic acids is 2. The van der Waals surface area contributed by atoms with Gasteiger partial charge in [0.05, 0.1) is 6.04 Å². The van der Waals surface area contributed by atoms with Crippen molar-refractivity contribution in [3.05, 3.63) is 59.9 Å². The van der Waals surface area contributed by atoms with E-state index in [1.165, 1.54) is 0 Å². The molecule has 6 heteroatoms. The van der Waals surface area contributed by atoms with E-state index >= 15 is 0 Å². The first-order valence-corrected chi connectivity index (χ1v) is 9.91. The van der Waals surface area contributed by atoms with E-state index < -0.39 is 17.1 Å². The van der Waals surface area contributed by atoms with Crippen LogP contribution in [-0.2, 0) is 15.0 Å². The van der Waals surface area contributed by atoms with Crippen molar-refractivity contribution in [2.75, 3.05) is 11.9 Å². The van der Waals surface area contributed by atoms with Crippen LogP contribution in [0.25, 0.3) is 0 Å². The van der Waals surface area contributed by atoms with Crippen LogP contribution in [0.4, 0.5) is 5.69 Å². The van der Waals surface area contributed by atoms with Crippen molar-refractivity contribution in [2.24, 2.45) is 0 Å². The maximum atomic E-state index is 13.4. The number of benzene rings is 1. The number of hydrogen-bond acceptors (Lipinski definition) is 4. The van der Waals surface area contributed by atoms with Crippen LogP contribution in [0.1, 0.15) is 49.3 Å². The minimum atomic E-state index is -1.32. The predicted octanol–water partition coefficient (Wildman–Crippen LogP) is 2.55. The van der Waals surface area contributed by atoms with Gasteiger partial charge in [-0.25, -0.2) is 0 Å². The first-order valence-electron chi connectivity index (χ1n) is 9.91. The van der Waals surface area contributed by atoms with Crippen molar-refractivity contribution in [3.63, 3.8) is 0 Å². The number of rotatable bonds is 2. The highest BCUT2D eigenvalue weighted by Gasteiger charge is 2.61. The SMILES string of the molecule is O=C(N1CCC2(C(=O)Nc3ccccc32)C1c1cccnc1)C1(O)CCCC1. The van der Waals surface area contributed by atoms with Gasteiger partial charge in [0.1, 0.15) is 11.0 Å². The summed E-state index contributed by atoms with van der Waals surface area (Å²) in [6, 6.07) is 10.9. The summed E-state index contributed by atoms with van der Waals surface area (Å²) in [5, 5.41) is 14.0. The molecule has 144 valence electrons. The molecule has 1 saturated carbocycles. The van der Waals surface area contributed by atoms with Gasteiger partial charge in [-0.2, -0.15) is 0 Å². The minimum absolute atomic E-state index is 0.0868. The van der Waals surface area contributed by atoms with Crippen molar-refractivity contribution in [2.45, 2.75) is 49.2 Å². The maximum absolute atomic E-state index is 13.4. The number of pyridine rings is 1. The molecule has 1 spiro atoms. The molecule has 0 radical (unpaired) electrons. The number of fused-ring (bicyclic) bond motifs is 2. The Morgan fingerprint density at radius 2 is 1.93 bits per heavy atom. The van der Waals surface area contributed by atoms with Gasteiger partial charge < -0.3 is 15.3 Å². The molecular weight excluding hydrogens is 354 g/mol. The second-order valence-corrected chi connectivity index (χ2v) is 8.15. The van der Waals surface area contributed by atoms with Crippen molar-refractivity contribution < 1.29 is 14.7 Å². The molecule has 5 rings (SSSR count). The average molecular weight is 377 g/mol. The Kier molecular flexibility index (Phi) is 3.81. The summed E-state index contributed by atoms with van der Waals surface area (Å²) in [5.41, 5.74) is 0.366. The van der Waals surface area contributed by atoms with E-state index in [9.17, 15) is 14.7 Å². The zero-order valence-electron chi connectivity index (χ0n) is 15.6. The number of amides is 2. The molecular formula is C22H23N3O3. The lowest BCUT2D eigenvalue weighted by Gasteiger charge is -2.37. The van der Waals surface area contributed by atoms with Crippen LogP contribution in [0.15, 0.2) is 48.8 Å². The molecule has 2 aromatic rings. The third-order valence-electron chi connectivity index (χ3n) is 6.68. The highest BCUT2D eigenvalue weighted by molar-refractivity contribution is 6.08. The number of likely N-dealkylation sites (tertiary alicyclic amines) is 1. The van der Waals surface area contributed by atoms with E-state index in [-0.39, 0.29) is 11.8 Å². The zero-order valence-corrected chi connectivity index (χ0v) is 15.6. The van der Waals surface area contributed by atoms with Gasteiger partial charge in [0.2, 0.25) is 5.91 Å². The van der Waals surface area contributed by atoms with E-state index in [4.69, 9.17) is 0 Å². The van der Waals surface area contributed by atoms with Crippen molar-refractivity contribution in [1.82, 2.24) is 9.88 Å². The Balaban J connectivity index is 1.65. The number of nitrogens with zero attached hydrogens (tertiary/aromatic N) is 2. The molecule has 1 aromatic heterocycles. The van der Waals surface area contributed by atoms with Gasteiger partial charge in [-0.1, -0.05) is 24.3 Å². The van der Waals surface area contributed by atoms with Gasteiger partial charge in [0, 0.05) is 24.6 Å². The largest absolute Gasteiger partial charge is 0.380 e. The number of anilines is 1. The second kappa shape index (κ2) is 6.14. The number of aromatic nitrogens is 1. The Bertz CT molecular complexity index is 939. The van der Waals surface area contributed by atoms with Crippen LogP contribution < -0.4 is 5.32 Å². The van der Waals surface area contributed by atoms with E-state index in [0.29, 0.717) is 25.8 Å². The fourth-order valence-corrected chi connectivity index (χ4v) is 5.35. The van der Waals surface area contributed by atoms with Gasteiger partial charge >= 0.3 is 0 Å². The number of hydrogen-bond donors (Lipinski definition) is 2. The molecule has 2 fully saturated rings. The summed E-state index contributed by atoms with van der Waals surface area (Å²) in [7, 11) is 0. The first kappa shape index (κ1) is 17.4. The Labute approximate surface area is 163 Å². The lowest BCUT2D eigenvalue weighted by atomic mass is 9.72. The summed E-state index contributed by atoms with van der Waals surface area (Å²) >= 11 is 0. The third-order valence-corrected chi connectivity index (χ3v) is 6.68. The Hall–Kier alpha value is -2.73. The fourth-order valence-electron chi connectivity index (χ4n) is 5.35. The third kappa shape index (κ3) is 2.27. The predicted molar refractivity (Wildman–Crippen MR) is 103 cm³/mol. The van der Waals surface area contributed by atoms with Crippen molar-refractivity contribution in [1.29, 1.82) is 0 Å². The average Bonchev–Trinajstić information content (AvgIpc) is 3.40. The standard InChI is InChI=1S/C22H23N3O3/c26-19-22(16-7-1-2-8-17(16)24-19)11-13-25(18(22)15-6-5-12-23-14-15)20(27)21(28)9-3-4-10-21/h1-2,5-8,12,14,18,28H,3-4,9-11,13H2,(H,24,26). The van der Waals surface area contributed by atoms with Crippen molar-refractivity contribution in [3.8, 4) is 0 Å². The van der Waals surface area contributed by atoms with Crippen LogP contribution >= 0.6 is 0 Å². The van der Waals surface area contributed by atoms with Crippen LogP contribution in [0, 0.1) is 0 Å². The van der Waals surface area contributed by atoms with Crippen LogP contribution in [0.5, 0.6) is 0 Å².